The zero-order chi connectivity index (χ0) is 38.9. The minimum Gasteiger partial charge on any atom is -0.481 e. The van der Waals surface area contributed by atoms with Crippen molar-refractivity contribution in [3.8, 4) is 44.8 Å². The number of carboxylic acids is 1. The maximum Gasteiger partial charge on any atom is 0.310 e. The van der Waals surface area contributed by atoms with E-state index < -0.39 is 17.8 Å². The Bertz CT molecular complexity index is 2340. The van der Waals surface area contributed by atoms with E-state index in [4.69, 9.17) is 0 Å². The zero-order valence-corrected chi connectivity index (χ0v) is 32.1. The molecule has 1 amide bonds. The molecule has 0 unspecified atom stereocenters. The van der Waals surface area contributed by atoms with Gasteiger partial charge in [0.1, 0.15) is 5.82 Å². The number of likely N-dealkylation sites (tertiary alicyclic amines) is 1. The van der Waals surface area contributed by atoms with Crippen molar-refractivity contribution in [2.45, 2.75) is 46.0 Å². The molecule has 1 aliphatic heterocycles. The number of benzene rings is 4. The van der Waals surface area contributed by atoms with Crippen molar-refractivity contribution in [3.63, 3.8) is 0 Å². The molecule has 6 aromatic rings. The summed E-state index contributed by atoms with van der Waals surface area (Å²) >= 11 is 1.45. The molecule has 3 heterocycles. The van der Waals surface area contributed by atoms with Crippen LogP contribution in [-0.2, 0) is 21.4 Å². The molecule has 1 atom stereocenters. The number of hydrogen-bond acceptors (Lipinski definition) is 6. The van der Waals surface area contributed by atoms with Gasteiger partial charge in [-0.1, -0.05) is 111 Å². The topological polar surface area (TPSA) is 100 Å². The van der Waals surface area contributed by atoms with Crippen LogP contribution in [0.15, 0.2) is 116 Å². The fraction of sp³-hybridized carbons (Fsp3) is 0.239. The number of carbonyl (C=O) groups excluding carboxylic acids is 2. The lowest BCUT2D eigenvalue weighted by atomic mass is 9.89. The predicted molar refractivity (Wildman–Crippen MR) is 215 cm³/mol. The first-order chi connectivity index (χ1) is 26.3. The van der Waals surface area contributed by atoms with Gasteiger partial charge in [-0.25, -0.2) is 14.4 Å². The van der Waals surface area contributed by atoms with Crippen LogP contribution in [0.1, 0.15) is 52.9 Å². The third kappa shape index (κ3) is 8.47. The molecule has 7 nitrogen and oxygen atoms in total. The summed E-state index contributed by atoms with van der Waals surface area (Å²) in [5, 5.41) is 9.35. The average molecular weight is 752 g/mol. The second-order valence-electron chi connectivity index (χ2n) is 15.4. The highest BCUT2D eigenvalue weighted by Crippen LogP contribution is 2.33. The van der Waals surface area contributed by atoms with E-state index in [1.165, 1.54) is 27.9 Å². The molecule has 1 saturated heterocycles. The van der Waals surface area contributed by atoms with Crippen LogP contribution in [0.4, 0.5) is 4.39 Å². The minimum absolute atomic E-state index is 0.0291. The van der Waals surface area contributed by atoms with Crippen molar-refractivity contribution in [3.05, 3.63) is 142 Å². The Morgan fingerprint density at radius 3 is 1.91 bits per heavy atom. The molecule has 2 aromatic heterocycles. The molecule has 0 radical (unpaired) electrons. The second kappa shape index (κ2) is 15.5. The van der Waals surface area contributed by atoms with Gasteiger partial charge in [0.25, 0.3) is 0 Å². The summed E-state index contributed by atoms with van der Waals surface area (Å²) in [5.41, 5.74) is 7.61. The van der Waals surface area contributed by atoms with E-state index in [2.05, 4.69) is 61.9 Å². The highest BCUT2D eigenvalue weighted by molar-refractivity contribution is 7.14. The molecule has 1 N–H and O–H groups in total. The molecule has 9 heteroatoms. The van der Waals surface area contributed by atoms with Crippen LogP contribution in [0.5, 0.6) is 0 Å². The molecule has 1 aliphatic rings. The standard InChI is InChI=1S/C46H42FN3O4S/c1-28-5-9-30(10-6-28)31-13-15-32(16-14-31)34-17-18-38(39(47)22-34)36-24-48-43(49-25-36)33-11-7-29(8-12-33)21-35(44(52)50-26-37(27-50)45(53)54)23-40(51)41-19-20-42(55-41)46(2,3)4/h5-20,22,24-25,35,37H,21,23,26-27H2,1-4H3,(H,53,54)/t35-/m1/s1. The molecule has 278 valence electrons. The number of amides is 1. The smallest absolute Gasteiger partial charge is 0.310 e. The minimum atomic E-state index is -0.921. The zero-order valence-electron chi connectivity index (χ0n) is 31.3. The fourth-order valence-electron chi connectivity index (χ4n) is 6.76. The highest BCUT2D eigenvalue weighted by atomic mass is 32.1. The van der Waals surface area contributed by atoms with Crippen LogP contribution < -0.4 is 0 Å². The maximum absolute atomic E-state index is 15.5. The molecule has 0 bridgehead atoms. The summed E-state index contributed by atoms with van der Waals surface area (Å²) in [6.07, 6.45) is 3.57. The number of aromatic nitrogens is 2. The Balaban J connectivity index is 1.03. The van der Waals surface area contributed by atoms with Gasteiger partial charge in [0.05, 0.1) is 10.8 Å². The molecule has 0 saturated carbocycles. The van der Waals surface area contributed by atoms with Crippen molar-refractivity contribution in [1.82, 2.24) is 14.9 Å². The lowest BCUT2D eigenvalue weighted by Gasteiger charge is -2.38. The molecule has 0 spiro atoms. The summed E-state index contributed by atoms with van der Waals surface area (Å²) < 4.78 is 15.5. The molecular formula is C46H42FN3O4S. The summed E-state index contributed by atoms with van der Waals surface area (Å²) in [5.74, 6) is -2.35. The Hall–Kier alpha value is -5.80. The van der Waals surface area contributed by atoms with E-state index in [0.717, 1.165) is 38.3 Å². The van der Waals surface area contributed by atoms with Crippen LogP contribution in [0.3, 0.4) is 0 Å². The molecule has 4 aromatic carbocycles. The first-order valence-electron chi connectivity index (χ1n) is 18.4. The van der Waals surface area contributed by atoms with Gasteiger partial charge in [-0.3, -0.25) is 14.4 Å². The number of Topliss-reactive ketones (excluding diaryl/α,β-unsaturated/α-hetero) is 1. The lowest BCUT2D eigenvalue weighted by molar-refractivity contribution is -0.154. The SMILES string of the molecule is Cc1ccc(-c2ccc(-c3ccc(-c4cnc(-c5ccc(C[C@H](CC(=O)c6ccc(C(C)(C)C)s6)C(=O)N6CC(C(=O)O)C6)cc5)nc4)c(F)c3)cc2)cc1. The van der Waals surface area contributed by atoms with E-state index in [1.807, 2.05) is 66.7 Å². The number of aliphatic carboxylic acids is 1. The average Bonchev–Trinajstić information content (AvgIpc) is 3.67. The van der Waals surface area contributed by atoms with E-state index in [1.54, 1.807) is 18.5 Å². The van der Waals surface area contributed by atoms with Crippen molar-refractivity contribution < 1.29 is 23.9 Å². The quantitative estimate of drug-likeness (QED) is 0.132. The number of carboxylic acid groups (broad SMARTS) is 1. The van der Waals surface area contributed by atoms with Crippen LogP contribution in [0.25, 0.3) is 44.8 Å². The van der Waals surface area contributed by atoms with Crippen LogP contribution in [0.2, 0.25) is 0 Å². The Kier molecular flexibility index (Phi) is 10.6. The number of hydrogen-bond donors (Lipinski definition) is 1. The summed E-state index contributed by atoms with van der Waals surface area (Å²) in [7, 11) is 0. The van der Waals surface area contributed by atoms with Crippen molar-refractivity contribution >= 4 is 29.0 Å². The van der Waals surface area contributed by atoms with Gasteiger partial charge in [0, 0.05) is 59.4 Å². The fourth-order valence-corrected chi connectivity index (χ4v) is 7.77. The van der Waals surface area contributed by atoms with Gasteiger partial charge in [0.2, 0.25) is 5.91 Å². The number of nitrogens with zero attached hydrogens (tertiary/aromatic N) is 3. The summed E-state index contributed by atoms with van der Waals surface area (Å²) in [6, 6.07) is 32.9. The number of rotatable bonds is 11. The van der Waals surface area contributed by atoms with Crippen LogP contribution >= 0.6 is 11.3 Å². The van der Waals surface area contributed by atoms with Gasteiger partial charge in [0.15, 0.2) is 11.6 Å². The van der Waals surface area contributed by atoms with Crippen LogP contribution in [-0.4, -0.2) is 50.7 Å². The third-order valence-electron chi connectivity index (χ3n) is 10.2. The van der Waals surface area contributed by atoms with Gasteiger partial charge in [-0.2, -0.15) is 0 Å². The molecule has 1 fully saturated rings. The number of aryl methyl sites for hydroxylation is 1. The molecular weight excluding hydrogens is 710 g/mol. The van der Waals surface area contributed by atoms with E-state index in [0.29, 0.717) is 28.2 Å². The van der Waals surface area contributed by atoms with Gasteiger partial charge >= 0.3 is 5.97 Å². The largest absolute Gasteiger partial charge is 0.481 e. The Morgan fingerprint density at radius 2 is 1.35 bits per heavy atom. The second-order valence-corrected chi connectivity index (χ2v) is 16.4. The first-order valence-corrected chi connectivity index (χ1v) is 19.2. The highest BCUT2D eigenvalue weighted by Gasteiger charge is 2.39. The monoisotopic (exact) mass is 751 g/mol. The van der Waals surface area contributed by atoms with Crippen molar-refractivity contribution in [2.75, 3.05) is 13.1 Å². The van der Waals surface area contributed by atoms with E-state index in [-0.39, 0.29) is 42.4 Å². The lowest BCUT2D eigenvalue weighted by Crippen LogP contribution is -2.55. The van der Waals surface area contributed by atoms with Crippen LogP contribution in [0, 0.1) is 24.6 Å². The van der Waals surface area contributed by atoms with Gasteiger partial charge in [-0.15, -0.1) is 11.3 Å². The van der Waals surface area contributed by atoms with Gasteiger partial charge < -0.3 is 10.0 Å². The number of thiophene rings is 1. The Labute approximate surface area is 324 Å². The summed E-state index contributed by atoms with van der Waals surface area (Å²) in [6.45, 7) is 8.64. The molecule has 7 rings (SSSR count). The number of halogens is 1. The summed E-state index contributed by atoms with van der Waals surface area (Å²) in [4.78, 5) is 50.7. The number of carbonyl (C=O) groups is 3. The predicted octanol–water partition coefficient (Wildman–Crippen LogP) is 9.93. The molecule has 0 aliphatic carbocycles. The maximum atomic E-state index is 15.5. The third-order valence-corrected chi connectivity index (χ3v) is 11.7. The van der Waals surface area contributed by atoms with E-state index in [9.17, 15) is 19.5 Å². The van der Waals surface area contributed by atoms with Gasteiger partial charge in [-0.05, 0) is 64.8 Å². The Morgan fingerprint density at radius 1 is 0.782 bits per heavy atom. The van der Waals surface area contributed by atoms with E-state index >= 15 is 4.39 Å². The molecule has 55 heavy (non-hydrogen) atoms. The van der Waals surface area contributed by atoms with Crippen molar-refractivity contribution in [2.24, 2.45) is 11.8 Å². The number of ketones is 1. The normalized spacial score (nSPS) is 13.7. The first kappa shape index (κ1) is 37.5. The van der Waals surface area contributed by atoms with Crippen molar-refractivity contribution in [1.29, 1.82) is 0 Å².